The van der Waals surface area contributed by atoms with E-state index in [0.717, 1.165) is 22.6 Å². The Morgan fingerprint density at radius 1 is 1.07 bits per heavy atom. The van der Waals surface area contributed by atoms with Crippen LogP contribution < -0.4 is 10.1 Å². The molecule has 0 fully saturated rings. The predicted molar refractivity (Wildman–Crippen MR) is 123 cm³/mol. The van der Waals surface area contributed by atoms with E-state index in [1.54, 1.807) is 12.0 Å². The molecule has 0 saturated heterocycles. The molecule has 2 rings (SSSR count). The van der Waals surface area contributed by atoms with Crippen LogP contribution in [0.25, 0.3) is 0 Å². The maximum absolute atomic E-state index is 13.2. The summed E-state index contributed by atoms with van der Waals surface area (Å²) < 4.78 is 5.32. The van der Waals surface area contributed by atoms with Crippen LogP contribution in [0.15, 0.2) is 59.5 Å². The SMILES string of the molecule is CC[C@@H](C)NC(=O)[C@@H](CC)N(Cc1cccc(OC)c1)C(=O)CSc1ccccc1. The van der Waals surface area contributed by atoms with Gasteiger partial charge in [-0.1, -0.05) is 44.2 Å². The number of ether oxygens (including phenoxy) is 1. The van der Waals surface area contributed by atoms with Crippen LogP contribution in [0.1, 0.15) is 39.2 Å². The topological polar surface area (TPSA) is 58.6 Å². The Balaban J connectivity index is 2.22. The normalized spacial score (nSPS) is 12.7. The van der Waals surface area contributed by atoms with Crippen molar-refractivity contribution in [3.8, 4) is 5.75 Å². The van der Waals surface area contributed by atoms with Gasteiger partial charge in [-0.3, -0.25) is 9.59 Å². The average Bonchev–Trinajstić information content (AvgIpc) is 2.78. The zero-order chi connectivity index (χ0) is 21.9. The van der Waals surface area contributed by atoms with Crippen molar-refractivity contribution >= 4 is 23.6 Å². The van der Waals surface area contributed by atoms with Crippen molar-refractivity contribution in [2.45, 2.75) is 57.1 Å². The molecule has 2 atom stereocenters. The maximum atomic E-state index is 13.2. The van der Waals surface area contributed by atoms with Gasteiger partial charge in [0.1, 0.15) is 11.8 Å². The van der Waals surface area contributed by atoms with Crippen LogP contribution in [-0.4, -0.2) is 41.7 Å². The number of hydrogen-bond acceptors (Lipinski definition) is 4. The van der Waals surface area contributed by atoms with Crippen molar-refractivity contribution < 1.29 is 14.3 Å². The van der Waals surface area contributed by atoms with Crippen molar-refractivity contribution in [2.75, 3.05) is 12.9 Å². The number of nitrogens with one attached hydrogen (secondary N) is 1. The van der Waals surface area contributed by atoms with Crippen LogP contribution in [0, 0.1) is 0 Å². The molecule has 2 aromatic rings. The van der Waals surface area contributed by atoms with E-state index in [2.05, 4.69) is 5.32 Å². The van der Waals surface area contributed by atoms with Crippen LogP contribution in [0.4, 0.5) is 0 Å². The number of thioether (sulfide) groups is 1. The molecule has 0 bridgehead atoms. The third kappa shape index (κ3) is 7.10. The molecular formula is C24H32N2O3S. The third-order valence-corrected chi connectivity index (χ3v) is 5.98. The number of benzene rings is 2. The lowest BCUT2D eigenvalue weighted by Gasteiger charge is -2.31. The minimum absolute atomic E-state index is 0.0576. The fourth-order valence-corrected chi connectivity index (χ4v) is 3.88. The smallest absolute Gasteiger partial charge is 0.243 e. The van der Waals surface area contributed by atoms with E-state index in [9.17, 15) is 9.59 Å². The largest absolute Gasteiger partial charge is 0.497 e. The lowest BCUT2D eigenvalue weighted by molar-refractivity contribution is -0.139. The second-order valence-corrected chi connectivity index (χ2v) is 8.27. The number of nitrogens with zero attached hydrogens (tertiary/aromatic N) is 1. The first-order chi connectivity index (χ1) is 14.5. The quantitative estimate of drug-likeness (QED) is 0.535. The molecule has 0 aliphatic carbocycles. The molecule has 2 aromatic carbocycles. The van der Waals surface area contributed by atoms with E-state index in [1.165, 1.54) is 11.8 Å². The van der Waals surface area contributed by atoms with Gasteiger partial charge in [-0.05, 0) is 49.6 Å². The summed E-state index contributed by atoms with van der Waals surface area (Å²) in [5.41, 5.74) is 0.933. The Morgan fingerprint density at radius 2 is 1.80 bits per heavy atom. The highest BCUT2D eigenvalue weighted by molar-refractivity contribution is 8.00. The van der Waals surface area contributed by atoms with Crippen molar-refractivity contribution in [3.63, 3.8) is 0 Å². The summed E-state index contributed by atoms with van der Waals surface area (Å²) in [7, 11) is 1.62. The summed E-state index contributed by atoms with van der Waals surface area (Å²) in [5.74, 6) is 0.850. The van der Waals surface area contributed by atoms with Crippen LogP contribution >= 0.6 is 11.8 Å². The summed E-state index contributed by atoms with van der Waals surface area (Å²) in [6.07, 6.45) is 1.39. The molecule has 0 saturated carbocycles. The monoisotopic (exact) mass is 428 g/mol. The van der Waals surface area contributed by atoms with Crippen LogP contribution in [0.5, 0.6) is 5.75 Å². The zero-order valence-corrected chi connectivity index (χ0v) is 19.1. The first-order valence-electron chi connectivity index (χ1n) is 10.4. The van der Waals surface area contributed by atoms with Gasteiger partial charge in [0.2, 0.25) is 11.8 Å². The number of amides is 2. The van der Waals surface area contributed by atoms with Gasteiger partial charge in [0.05, 0.1) is 12.9 Å². The van der Waals surface area contributed by atoms with Crippen LogP contribution in [-0.2, 0) is 16.1 Å². The standard InChI is InChI=1S/C24H32N2O3S/c1-5-18(3)25-24(28)22(6-2)26(16-19-11-10-12-20(15-19)29-4)23(27)17-30-21-13-8-7-9-14-21/h7-15,18,22H,5-6,16-17H2,1-4H3,(H,25,28)/t18-,22-/m1/s1. The molecule has 0 aromatic heterocycles. The Bertz CT molecular complexity index is 813. The fraction of sp³-hybridized carbons (Fsp3) is 0.417. The van der Waals surface area contributed by atoms with E-state index in [1.807, 2.05) is 75.4 Å². The molecule has 2 amide bonds. The molecule has 0 aliphatic rings. The Labute approximate surface area is 184 Å². The first kappa shape index (κ1) is 23.8. The molecule has 5 nitrogen and oxygen atoms in total. The lowest BCUT2D eigenvalue weighted by Crippen LogP contribution is -2.51. The van der Waals surface area contributed by atoms with Crippen molar-refractivity contribution in [1.29, 1.82) is 0 Å². The van der Waals surface area contributed by atoms with Gasteiger partial charge >= 0.3 is 0 Å². The second kappa shape index (κ2) is 12.3. The fourth-order valence-electron chi connectivity index (χ4n) is 3.07. The second-order valence-electron chi connectivity index (χ2n) is 7.22. The summed E-state index contributed by atoms with van der Waals surface area (Å²) in [6.45, 7) is 6.31. The van der Waals surface area contributed by atoms with E-state index in [-0.39, 0.29) is 23.6 Å². The van der Waals surface area contributed by atoms with E-state index >= 15 is 0 Å². The lowest BCUT2D eigenvalue weighted by atomic mass is 10.1. The molecule has 0 heterocycles. The van der Waals surface area contributed by atoms with Gasteiger partial charge in [0.15, 0.2) is 0 Å². The van der Waals surface area contributed by atoms with Gasteiger partial charge in [0.25, 0.3) is 0 Å². The molecule has 1 N–H and O–H groups in total. The highest BCUT2D eigenvalue weighted by Crippen LogP contribution is 2.21. The molecule has 0 radical (unpaired) electrons. The predicted octanol–water partition coefficient (Wildman–Crippen LogP) is 4.51. The van der Waals surface area contributed by atoms with E-state index < -0.39 is 6.04 Å². The number of hydrogen-bond donors (Lipinski definition) is 1. The van der Waals surface area contributed by atoms with Crippen molar-refractivity contribution in [3.05, 3.63) is 60.2 Å². The molecule has 0 spiro atoms. The molecule has 6 heteroatoms. The Hall–Kier alpha value is -2.47. The number of methoxy groups -OCH3 is 1. The van der Waals surface area contributed by atoms with Gasteiger partial charge in [-0.2, -0.15) is 0 Å². The highest BCUT2D eigenvalue weighted by Gasteiger charge is 2.29. The Kier molecular flexibility index (Phi) is 9.74. The van der Waals surface area contributed by atoms with Crippen LogP contribution in [0.3, 0.4) is 0 Å². The highest BCUT2D eigenvalue weighted by atomic mass is 32.2. The molecular weight excluding hydrogens is 396 g/mol. The number of carbonyl (C=O) groups excluding carboxylic acids is 2. The number of carbonyl (C=O) groups is 2. The first-order valence-corrected chi connectivity index (χ1v) is 11.4. The minimum atomic E-state index is -0.519. The minimum Gasteiger partial charge on any atom is -0.497 e. The van der Waals surface area contributed by atoms with Gasteiger partial charge in [-0.15, -0.1) is 11.8 Å². The molecule has 162 valence electrons. The van der Waals surface area contributed by atoms with E-state index in [4.69, 9.17) is 4.74 Å². The maximum Gasteiger partial charge on any atom is 0.243 e. The summed E-state index contributed by atoms with van der Waals surface area (Å²) >= 11 is 1.49. The van der Waals surface area contributed by atoms with Gasteiger partial charge < -0.3 is 15.0 Å². The molecule has 30 heavy (non-hydrogen) atoms. The van der Waals surface area contributed by atoms with E-state index in [0.29, 0.717) is 13.0 Å². The third-order valence-electron chi connectivity index (χ3n) is 4.98. The van der Waals surface area contributed by atoms with Gasteiger partial charge in [0, 0.05) is 17.5 Å². The molecule has 0 aliphatic heterocycles. The van der Waals surface area contributed by atoms with Crippen LogP contribution in [0.2, 0.25) is 0 Å². The average molecular weight is 429 g/mol. The van der Waals surface area contributed by atoms with Gasteiger partial charge in [-0.25, -0.2) is 0 Å². The van der Waals surface area contributed by atoms with Crippen molar-refractivity contribution in [1.82, 2.24) is 10.2 Å². The molecule has 0 unspecified atom stereocenters. The zero-order valence-electron chi connectivity index (χ0n) is 18.3. The summed E-state index contributed by atoms with van der Waals surface area (Å²) in [5, 5.41) is 3.03. The Morgan fingerprint density at radius 3 is 2.43 bits per heavy atom. The number of rotatable bonds is 11. The summed E-state index contributed by atoms with van der Waals surface area (Å²) in [6, 6.07) is 17.0. The summed E-state index contributed by atoms with van der Waals surface area (Å²) in [4.78, 5) is 28.9. The van der Waals surface area contributed by atoms with Crippen molar-refractivity contribution in [2.24, 2.45) is 0 Å².